The van der Waals surface area contributed by atoms with Crippen LogP contribution >= 0.6 is 44.4 Å². The number of carbonyl (C=O) groups is 1. The molecule has 2 aromatic carbocycles. The van der Waals surface area contributed by atoms with Gasteiger partial charge in [0.2, 0.25) is 0 Å². The van der Waals surface area contributed by atoms with Gasteiger partial charge < -0.3 is 0 Å². The summed E-state index contributed by atoms with van der Waals surface area (Å²) in [5.41, 5.74) is 0.433. The quantitative estimate of drug-likeness (QED) is 0.145. The fourth-order valence-electron chi connectivity index (χ4n) is 2.64. The van der Waals surface area contributed by atoms with E-state index in [0.29, 0.717) is 9.99 Å². The second-order valence-electron chi connectivity index (χ2n) is 6.25. The summed E-state index contributed by atoms with van der Waals surface area (Å²) in [5, 5.41) is -4.62. The van der Waals surface area contributed by atoms with Crippen LogP contribution in [0.3, 0.4) is 0 Å². The van der Waals surface area contributed by atoms with Crippen LogP contribution in [0.15, 0.2) is 54.6 Å². The van der Waals surface area contributed by atoms with Crippen molar-refractivity contribution < 1.29 is 24.2 Å². The average Bonchev–Trinajstić information content (AvgIpc) is 2.56. The van der Waals surface area contributed by atoms with Crippen LogP contribution in [0.25, 0.3) is 0 Å². The molecule has 2 unspecified atom stereocenters. The number of hydrogen-bond acceptors (Lipinski definition) is 1. The van der Waals surface area contributed by atoms with Gasteiger partial charge in [0.1, 0.15) is 0 Å². The van der Waals surface area contributed by atoms with Gasteiger partial charge in [0.05, 0.1) is 0 Å². The fraction of sp³-hybridized carbons (Fsp3) is 0.278. The Kier molecular flexibility index (Phi) is 6.24. The number of alkyl halides is 1. The minimum atomic E-state index is -10.1. The maximum atomic E-state index is 13.6. The topological polar surface area (TPSA) is 17.1 Å². The number of hydrogen-bond donors (Lipinski definition) is 0. The van der Waals surface area contributed by atoms with E-state index < -0.39 is 38.6 Å². The molecule has 2 rings (SSSR count). The summed E-state index contributed by atoms with van der Waals surface area (Å²) in [7, 11) is -10.1. The number of aryl methyl sites for hydroxylation is 1. The SMILES string of the molecule is O=C(c1cccc(I)c1)C(CC(Cl)CCc1ccccc1)S(F)(F)(F)(F)F. The first-order valence-electron chi connectivity index (χ1n) is 7.97. The van der Waals surface area contributed by atoms with Crippen molar-refractivity contribution in [2.24, 2.45) is 0 Å². The van der Waals surface area contributed by atoms with Crippen LogP contribution in [0.2, 0.25) is 0 Å². The highest BCUT2D eigenvalue weighted by molar-refractivity contribution is 14.1. The Hall–Kier alpha value is -0.870. The van der Waals surface area contributed by atoms with E-state index in [9.17, 15) is 24.2 Å². The molecule has 0 amide bonds. The van der Waals surface area contributed by atoms with Gasteiger partial charge in [-0.3, -0.25) is 4.79 Å². The van der Waals surface area contributed by atoms with E-state index in [2.05, 4.69) is 0 Å². The number of halogens is 7. The van der Waals surface area contributed by atoms with Crippen LogP contribution in [0, 0.1) is 3.57 Å². The van der Waals surface area contributed by atoms with Gasteiger partial charge >= 0.3 is 0 Å². The fourth-order valence-corrected chi connectivity index (χ4v) is 4.71. The van der Waals surface area contributed by atoms with Crippen molar-refractivity contribution in [3.05, 3.63) is 69.3 Å². The van der Waals surface area contributed by atoms with E-state index in [1.54, 1.807) is 59.0 Å². The van der Waals surface area contributed by atoms with E-state index in [-0.39, 0.29) is 6.42 Å². The second kappa shape index (κ2) is 7.51. The third-order valence-electron chi connectivity index (χ3n) is 4.00. The molecule has 0 saturated carbocycles. The normalized spacial score (nSPS) is 16.9. The minimum absolute atomic E-state index is 0.0511. The third-order valence-corrected chi connectivity index (χ3v) is 6.55. The monoisotopic (exact) mass is 538 g/mol. The van der Waals surface area contributed by atoms with E-state index in [4.69, 9.17) is 11.6 Å². The first kappa shape index (κ1) is 22.4. The Morgan fingerprint density at radius 2 is 1.63 bits per heavy atom. The van der Waals surface area contributed by atoms with Crippen LogP contribution in [0.4, 0.5) is 19.4 Å². The van der Waals surface area contributed by atoms with Gasteiger partial charge in [-0.15, -0.1) is 11.6 Å². The molecule has 9 heteroatoms. The molecule has 0 heterocycles. The molecule has 0 bridgehead atoms. The summed E-state index contributed by atoms with van der Waals surface area (Å²) in [4.78, 5) is 12.3. The summed E-state index contributed by atoms with van der Waals surface area (Å²) in [5.74, 6) is -1.64. The molecule has 150 valence electrons. The summed E-state index contributed by atoms with van der Waals surface area (Å²) >= 11 is 7.75. The van der Waals surface area contributed by atoms with Crippen molar-refractivity contribution >= 4 is 50.2 Å². The summed E-state index contributed by atoms with van der Waals surface area (Å²) in [6, 6.07) is 14.0. The van der Waals surface area contributed by atoms with Crippen molar-refractivity contribution in [1.82, 2.24) is 0 Å². The molecule has 2 atom stereocenters. The predicted molar refractivity (Wildman–Crippen MR) is 109 cm³/mol. The number of carbonyl (C=O) groups excluding carboxylic acids is 1. The first-order chi connectivity index (χ1) is 12.3. The van der Waals surface area contributed by atoms with Crippen LogP contribution in [0.1, 0.15) is 28.8 Å². The summed E-state index contributed by atoms with van der Waals surface area (Å²) in [6.45, 7) is 0. The zero-order valence-corrected chi connectivity index (χ0v) is 17.7. The number of Topliss-reactive ketones (excluding diaryl/α,β-unsaturated/α-hetero) is 1. The molecule has 0 aliphatic rings. The first-order valence-corrected chi connectivity index (χ1v) is 11.5. The second-order valence-corrected chi connectivity index (χ2v) is 10.7. The molecule has 1 nitrogen and oxygen atoms in total. The number of ketones is 1. The molecular weight excluding hydrogens is 522 g/mol. The van der Waals surface area contributed by atoms with Gasteiger partial charge in [-0.2, -0.15) is 0 Å². The van der Waals surface area contributed by atoms with Crippen molar-refractivity contribution in [3.8, 4) is 0 Å². The van der Waals surface area contributed by atoms with Gasteiger partial charge in [-0.25, -0.2) is 0 Å². The van der Waals surface area contributed by atoms with Gasteiger partial charge in [0, 0.05) is 14.5 Å². The van der Waals surface area contributed by atoms with E-state index in [1.807, 2.05) is 0 Å². The maximum absolute atomic E-state index is 13.6. The van der Waals surface area contributed by atoms with Crippen molar-refractivity contribution in [2.45, 2.75) is 29.9 Å². The van der Waals surface area contributed by atoms with Crippen LogP contribution in [-0.4, -0.2) is 16.4 Å². The highest BCUT2D eigenvalue weighted by Crippen LogP contribution is 3.00. The molecule has 0 radical (unpaired) electrons. The predicted octanol–water partition coefficient (Wildman–Crippen LogP) is 7.77. The maximum Gasteiger partial charge on any atom is 0.294 e. The molecule has 2 aromatic rings. The van der Waals surface area contributed by atoms with Crippen LogP contribution in [-0.2, 0) is 6.42 Å². The Bertz CT molecular complexity index is 814. The molecule has 0 saturated heterocycles. The Labute approximate surface area is 173 Å². The Morgan fingerprint density at radius 3 is 2.19 bits per heavy atom. The van der Waals surface area contributed by atoms with Crippen LogP contribution < -0.4 is 0 Å². The van der Waals surface area contributed by atoms with E-state index in [1.165, 1.54) is 6.07 Å². The van der Waals surface area contributed by atoms with Crippen molar-refractivity contribution in [2.75, 3.05) is 0 Å². The lowest BCUT2D eigenvalue weighted by atomic mass is 10.0. The highest BCUT2D eigenvalue weighted by Gasteiger charge is 2.72. The largest absolute Gasteiger partial charge is 0.294 e. The van der Waals surface area contributed by atoms with Gasteiger partial charge in [-0.05, 0) is 59.5 Å². The molecule has 0 aromatic heterocycles. The lowest BCUT2D eigenvalue weighted by molar-refractivity contribution is 0.0967. The zero-order valence-electron chi connectivity index (χ0n) is 13.9. The van der Waals surface area contributed by atoms with Gasteiger partial charge in [0.25, 0.3) is 10.2 Å². The molecule has 0 N–H and O–H groups in total. The summed E-state index contributed by atoms with van der Waals surface area (Å²) in [6.07, 6.45) is -0.772. The number of rotatable bonds is 8. The third kappa shape index (κ3) is 6.90. The van der Waals surface area contributed by atoms with Crippen molar-refractivity contribution in [1.29, 1.82) is 0 Å². The molecule has 27 heavy (non-hydrogen) atoms. The molecule has 0 aliphatic heterocycles. The molecule has 0 fully saturated rings. The molecular formula is C18H17ClF5IOS. The standard InChI is InChI=1S/C18H17ClF5IOS/c19-15(10-9-13-5-2-1-3-6-13)12-17(27(20,21,22,23)24)18(26)14-7-4-8-16(25)11-14/h1-8,11,15,17H,9-10,12H2. The minimum Gasteiger partial charge on any atom is -0.293 e. The zero-order chi connectivity index (χ0) is 20.4. The lowest BCUT2D eigenvalue weighted by Gasteiger charge is -2.46. The van der Waals surface area contributed by atoms with Crippen molar-refractivity contribution in [3.63, 3.8) is 0 Å². The van der Waals surface area contributed by atoms with Gasteiger partial charge in [0.15, 0.2) is 11.0 Å². The molecule has 0 aliphatic carbocycles. The smallest absolute Gasteiger partial charge is 0.293 e. The number of benzene rings is 2. The highest BCUT2D eigenvalue weighted by atomic mass is 127. The summed E-state index contributed by atoms with van der Waals surface area (Å²) < 4.78 is 68.3. The molecule has 0 spiro atoms. The van der Waals surface area contributed by atoms with Gasteiger partial charge in [-0.1, -0.05) is 61.9 Å². The van der Waals surface area contributed by atoms with Crippen LogP contribution in [0.5, 0.6) is 0 Å². The van der Waals surface area contributed by atoms with E-state index >= 15 is 0 Å². The Morgan fingerprint density at radius 1 is 1.00 bits per heavy atom. The lowest BCUT2D eigenvalue weighted by Crippen LogP contribution is -2.36. The Balaban J connectivity index is 2.22. The van der Waals surface area contributed by atoms with E-state index in [0.717, 1.165) is 17.7 Å². The average molecular weight is 539 g/mol.